The maximum absolute atomic E-state index is 13.4. The summed E-state index contributed by atoms with van der Waals surface area (Å²) in [4.78, 5) is 12.2. The van der Waals surface area contributed by atoms with Crippen LogP contribution in [-0.4, -0.2) is 17.2 Å². The quantitative estimate of drug-likeness (QED) is 0.787. The number of benzene rings is 1. The molecule has 1 heterocycles. The van der Waals surface area contributed by atoms with Crippen molar-refractivity contribution in [2.24, 2.45) is 0 Å². The highest BCUT2D eigenvalue weighted by molar-refractivity contribution is 5.75. The summed E-state index contributed by atoms with van der Waals surface area (Å²) in [6.45, 7) is 1.81. The zero-order chi connectivity index (χ0) is 17.1. The lowest BCUT2D eigenvalue weighted by atomic mass is 10.1. The fourth-order valence-electron chi connectivity index (χ4n) is 3.14. The summed E-state index contributed by atoms with van der Waals surface area (Å²) in [5.41, 5.74) is 1.91. The lowest BCUT2D eigenvalue weighted by Gasteiger charge is -2.20. The molecule has 6 heteroatoms. The number of aryl methyl sites for hydroxylation is 1. The van der Waals surface area contributed by atoms with E-state index in [4.69, 9.17) is 4.42 Å². The van der Waals surface area contributed by atoms with Crippen LogP contribution in [0.2, 0.25) is 0 Å². The van der Waals surface area contributed by atoms with Crippen molar-refractivity contribution < 1.29 is 18.7 Å². The molecule has 0 fully saturated rings. The van der Waals surface area contributed by atoms with Gasteiger partial charge in [-0.05, 0) is 55.2 Å². The lowest BCUT2D eigenvalue weighted by Crippen LogP contribution is -2.42. The highest BCUT2D eigenvalue weighted by Gasteiger charge is 2.25. The molecule has 3 atom stereocenters. The minimum absolute atomic E-state index is 0.183. The van der Waals surface area contributed by atoms with E-state index in [9.17, 15) is 14.3 Å². The van der Waals surface area contributed by atoms with Crippen molar-refractivity contribution in [2.45, 2.75) is 44.4 Å². The molecule has 128 valence electrons. The van der Waals surface area contributed by atoms with E-state index >= 15 is 0 Å². The van der Waals surface area contributed by atoms with Gasteiger partial charge in [-0.1, -0.05) is 6.07 Å². The molecule has 0 aliphatic heterocycles. The number of urea groups is 1. The summed E-state index contributed by atoms with van der Waals surface area (Å²) in [6.07, 6.45) is 2.66. The van der Waals surface area contributed by atoms with Crippen molar-refractivity contribution in [3.05, 3.63) is 59.3 Å². The Bertz CT molecular complexity index is 702. The molecule has 0 saturated heterocycles. The maximum atomic E-state index is 13.4. The van der Waals surface area contributed by atoms with E-state index in [0.29, 0.717) is 12.2 Å². The minimum atomic E-state index is -0.767. The van der Waals surface area contributed by atoms with E-state index in [2.05, 4.69) is 10.6 Å². The SMILES string of the molecule is CC(CC(O)c1ccco1)NC(=O)NC1CCc2ccc(F)cc21. The van der Waals surface area contributed by atoms with Crippen LogP contribution in [0.1, 0.15) is 48.8 Å². The third-order valence-electron chi connectivity index (χ3n) is 4.32. The van der Waals surface area contributed by atoms with Crippen molar-refractivity contribution in [3.63, 3.8) is 0 Å². The number of carbonyl (C=O) groups is 1. The fourth-order valence-corrected chi connectivity index (χ4v) is 3.14. The number of furan rings is 1. The molecular formula is C18H21FN2O3. The number of aliphatic hydroxyl groups excluding tert-OH is 1. The Labute approximate surface area is 139 Å². The summed E-state index contributed by atoms with van der Waals surface area (Å²) in [5, 5.41) is 15.7. The van der Waals surface area contributed by atoms with Crippen molar-refractivity contribution in [2.75, 3.05) is 0 Å². The van der Waals surface area contributed by atoms with Crippen LogP contribution in [0.3, 0.4) is 0 Å². The van der Waals surface area contributed by atoms with Crippen LogP contribution in [0.4, 0.5) is 9.18 Å². The first-order valence-electron chi connectivity index (χ1n) is 8.09. The number of halogens is 1. The standard InChI is InChI=1S/C18H21FN2O3/c1-11(9-16(22)17-3-2-8-24-17)20-18(23)21-15-7-5-12-4-6-13(19)10-14(12)15/h2-4,6,8,10-11,15-16,22H,5,7,9H2,1H3,(H2,20,21,23). The van der Waals surface area contributed by atoms with Gasteiger partial charge >= 0.3 is 6.03 Å². The van der Waals surface area contributed by atoms with Crippen LogP contribution in [-0.2, 0) is 6.42 Å². The topological polar surface area (TPSA) is 74.5 Å². The molecule has 1 aliphatic rings. The summed E-state index contributed by atoms with van der Waals surface area (Å²) in [5.74, 6) is 0.182. The van der Waals surface area contributed by atoms with Gasteiger partial charge < -0.3 is 20.2 Å². The van der Waals surface area contributed by atoms with Gasteiger partial charge in [0, 0.05) is 12.5 Å². The van der Waals surface area contributed by atoms with Crippen LogP contribution in [0.5, 0.6) is 0 Å². The van der Waals surface area contributed by atoms with Gasteiger partial charge in [-0.2, -0.15) is 0 Å². The zero-order valence-corrected chi connectivity index (χ0v) is 13.5. The molecule has 5 nitrogen and oxygen atoms in total. The van der Waals surface area contributed by atoms with E-state index in [-0.39, 0.29) is 23.9 Å². The van der Waals surface area contributed by atoms with Gasteiger partial charge in [-0.3, -0.25) is 0 Å². The van der Waals surface area contributed by atoms with E-state index in [0.717, 1.165) is 24.0 Å². The van der Waals surface area contributed by atoms with Crippen LogP contribution in [0, 0.1) is 5.82 Å². The molecule has 1 aliphatic carbocycles. The Kier molecular flexibility index (Phi) is 4.85. The predicted molar refractivity (Wildman–Crippen MR) is 86.9 cm³/mol. The summed E-state index contributed by atoms with van der Waals surface area (Å²) in [7, 11) is 0. The van der Waals surface area contributed by atoms with Crippen LogP contribution in [0.15, 0.2) is 41.0 Å². The number of rotatable bonds is 5. The zero-order valence-electron chi connectivity index (χ0n) is 13.5. The molecule has 24 heavy (non-hydrogen) atoms. The molecule has 0 saturated carbocycles. The normalized spacial score (nSPS) is 18.7. The monoisotopic (exact) mass is 332 g/mol. The van der Waals surface area contributed by atoms with E-state index in [1.165, 1.54) is 18.4 Å². The highest BCUT2D eigenvalue weighted by Crippen LogP contribution is 2.31. The highest BCUT2D eigenvalue weighted by atomic mass is 19.1. The van der Waals surface area contributed by atoms with Gasteiger partial charge in [0.15, 0.2) is 0 Å². The smallest absolute Gasteiger partial charge is 0.315 e. The second-order valence-electron chi connectivity index (χ2n) is 6.22. The Morgan fingerprint density at radius 2 is 2.29 bits per heavy atom. The number of carbonyl (C=O) groups excluding carboxylic acids is 1. The molecule has 2 aromatic rings. The lowest BCUT2D eigenvalue weighted by molar-refractivity contribution is 0.129. The molecule has 2 amide bonds. The van der Waals surface area contributed by atoms with Crippen molar-refractivity contribution >= 4 is 6.03 Å². The van der Waals surface area contributed by atoms with Gasteiger partial charge in [-0.25, -0.2) is 9.18 Å². The molecule has 1 aromatic heterocycles. The summed E-state index contributed by atoms with van der Waals surface area (Å²) < 4.78 is 18.5. The Morgan fingerprint density at radius 1 is 1.46 bits per heavy atom. The van der Waals surface area contributed by atoms with Gasteiger partial charge in [0.05, 0.1) is 12.3 Å². The Morgan fingerprint density at radius 3 is 3.04 bits per heavy atom. The molecule has 0 spiro atoms. The minimum Gasteiger partial charge on any atom is -0.467 e. The second kappa shape index (κ2) is 7.05. The summed E-state index contributed by atoms with van der Waals surface area (Å²) >= 11 is 0. The van der Waals surface area contributed by atoms with Crippen LogP contribution in [0.25, 0.3) is 0 Å². The number of aliphatic hydroxyl groups is 1. The molecule has 0 bridgehead atoms. The van der Waals surface area contributed by atoms with E-state index in [1.807, 2.05) is 6.92 Å². The number of amides is 2. The van der Waals surface area contributed by atoms with Crippen LogP contribution >= 0.6 is 0 Å². The molecular weight excluding hydrogens is 311 g/mol. The maximum Gasteiger partial charge on any atom is 0.315 e. The number of hydrogen-bond donors (Lipinski definition) is 3. The number of fused-ring (bicyclic) bond motifs is 1. The van der Waals surface area contributed by atoms with Gasteiger partial charge in [-0.15, -0.1) is 0 Å². The second-order valence-corrected chi connectivity index (χ2v) is 6.22. The molecule has 3 unspecified atom stereocenters. The number of nitrogens with one attached hydrogen (secondary N) is 2. The van der Waals surface area contributed by atoms with Crippen molar-refractivity contribution in [3.8, 4) is 0 Å². The average Bonchev–Trinajstić information content (AvgIpc) is 3.17. The predicted octanol–water partition coefficient (Wildman–Crippen LogP) is 3.22. The van der Waals surface area contributed by atoms with Gasteiger partial charge in [0.2, 0.25) is 0 Å². The van der Waals surface area contributed by atoms with Crippen molar-refractivity contribution in [1.29, 1.82) is 0 Å². The third-order valence-corrected chi connectivity index (χ3v) is 4.32. The van der Waals surface area contributed by atoms with E-state index in [1.54, 1.807) is 18.2 Å². The Hall–Kier alpha value is -2.34. The molecule has 3 rings (SSSR count). The molecule has 0 radical (unpaired) electrons. The first-order chi connectivity index (χ1) is 11.5. The van der Waals surface area contributed by atoms with Crippen LogP contribution < -0.4 is 10.6 Å². The third kappa shape index (κ3) is 3.76. The van der Waals surface area contributed by atoms with Gasteiger partial charge in [0.25, 0.3) is 0 Å². The van der Waals surface area contributed by atoms with Gasteiger partial charge in [0.1, 0.15) is 17.7 Å². The number of hydrogen-bond acceptors (Lipinski definition) is 3. The average molecular weight is 332 g/mol. The molecule has 3 N–H and O–H groups in total. The largest absolute Gasteiger partial charge is 0.467 e. The molecule has 1 aromatic carbocycles. The Balaban J connectivity index is 1.52. The van der Waals surface area contributed by atoms with Crippen molar-refractivity contribution in [1.82, 2.24) is 10.6 Å². The first kappa shape index (κ1) is 16.5. The fraction of sp³-hybridized carbons (Fsp3) is 0.389. The summed E-state index contributed by atoms with van der Waals surface area (Å²) in [6, 6.07) is 7.36. The van der Waals surface area contributed by atoms with E-state index < -0.39 is 6.10 Å². The first-order valence-corrected chi connectivity index (χ1v) is 8.09.